The molecule has 35 heavy (non-hydrogen) atoms. The SMILES string of the molecule is Cc1ccccc1[C@H](CC(=O)O)NC(=O)c1cc(OC[C@@](C)(O)C2CC2)n(-c2ccccc2F)n1. The fraction of sp³-hybridized carbons (Fsp3) is 0.346. The first-order valence-electron chi connectivity index (χ1n) is 11.4. The summed E-state index contributed by atoms with van der Waals surface area (Å²) in [6, 6.07) is 13.7. The summed E-state index contributed by atoms with van der Waals surface area (Å²) in [6.45, 7) is 3.46. The largest absolute Gasteiger partial charge is 0.481 e. The Kier molecular flexibility index (Phi) is 6.88. The summed E-state index contributed by atoms with van der Waals surface area (Å²) in [7, 11) is 0. The second-order valence-corrected chi connectivity index (χ2v) is 9.13. The van der Waals surface area contributed by atoms with Crippen molar-refractivity contribution in [1.82, 2.24) is 15.1 Å². The van der Waals surface area contributed by atoms with Crippen LogP contribution in [0.5, 0.6) is 5.88 Å². The van der Waals surface area contributed by atoms with Crippen molar-refractivity contribution in [2.45, 2.75) is 44.8 Å². The molecular formula is C26H28FN3O5. The number of carbonyl (C=O) groups excluding carboxylic acids is 1. The van der Waals surface area contributed by atoms with Crippen molar-refractivity contribution < 1.29 is 28.9 Å². The van der Waals surface area contributed by atoms with Crippen LogP contribution in [0.25, 0.3) is 5.69 Å². The Morgan fingerprint density at radius 3 is 2.57 bits per heavy atom. The number of aromatic nitrogens is 2. The quantitative estimate of drug-likeness (QED) is 0.406. The smallest absolute Gasteiger partial charge is 0.305 e. The number of amides is 1. The van der Waals surface area contributed by atoms with Gasteiger partial charge in [-0.3, -0.25) is 9.59 Å². The molecule has 3 aromatic rings. The van der Waals surface area contributed by atoms with Crippen LogP contribution in [0.2, 0.25) is 0 Å². The van der Waals surface area contributed by atoms with Crippen LogP contribution in [0, 0.1) is 18.7 Å². The number of carboxylic acids is 1. The van der Waals surface area contributed by atoms with Gasteiger partial charge in [-0.15, -0.1) is 0 Å². The fourth-order valence-corrected chi connectivity index (χ4v) is 4.04. The zero-order valence-corrected chi connectivity index (χ0v) is 19.6. The molecule has 1 aliphatic carbocycles. The Morgan fingerprint density at radius 2 is 1.91 bits per heavy atom. The highest BCUT2D eigenvalue weighted by Gasteiger charge is 2.41. The molecule has 1 aromatic heterocycles. The van der Waals surface area contributed by atoms with Crippen LogP contribution in [-0.4, -0.2) is 44.1 Å². The highest BCUT2D eigenvalue weighted by molar-refractivity contribution is 5.93. The predicted molar refractivity (Wildman–Crippen MR) is 126 cm³/mol. The molecule has 0 aliphatic heterocycles. The molecule has 184 valence electrons. The van der Waals surface area contributed by atoms with E-state index in [1.54, 1.807) is 25.1 Å². The van der Waals surface area contributed by atoms with E-state index in [4.69, 9.17) is 4.74 Å². The number of aliphatic hydroxyl groups is 1. The van der Waals surface area contributed by atoms with Crippen molar-refractivity contribution >= 4 is 11.9 Å². The molecule has 2 atom stereocenters. The van der Waals surface area contributed by atoms with Gasteiger partial charge in [-0.05, 0) is 55.9 Å². The van der Waals surface area contributed by atoms with Crippen molar-refractivity contribution in [3.05, 3.63) is 77.2 Å². The van der Waals surface area contributed by atoms with Crippen molar-refractivity contribution in [1.29, 1.82) is 0 Å². The number of rotatable bonds is 10. The lowest BCUT2D eigenvalue weighted by molar-refractivity contribution is -0.137. The summed E-state index contributed by atoms with van der Waals surface area (Å²) in [5.74, 6) is -2.05. The van der Waals surface area contributed by atoms with Crippen LogP contribution >= 0.6 is 0 Å². The monoisotopic (exact) mass is 481 g/mol. The Morgan fingerprint density at radius 1 is 1.23 bits per heavy atom. The average molecular weight is 482 g/mol. The Labute approximate surface area is 202 Å². The summed E-state index contributed by atoms with van der Waals surface area (Å²) in [5.41, 5.74) is 0.451. The molecule has 8 nitrogen and oxygen atoms in total. The number of hydrogen-bond acceptors (Lipinski definition) is 5. The maximum absolute atomic E-state index is 14.6. The summed E-state index contributed by atoms with van der Waals surface area (Å²) in [6.07, 6.45) is 1.49. The summed E-state index contributed by atoms with van der Waals surface area (Å²) < 4.78 is 21.6. The van der Waals surface area contributed by atoms with Gasteiger partial charge in [0, 0.05) is 6.07 Å². The molecule has 4 rings (SSSR count). The van der Waals surface area contributed by atoms with Crippen molar-refractivity contribution in [3.63, 3.8) is 0 Å². The Balaban J connectivity index is 1.64. The van der Waals surface area contributed by atoms with Crippen LogP contribution in [0.15, 0.2) is 54.6 Å². The number of carbonyl (C=O) groups is 2. The van der Waals surface area contributed by atoms with Crippen LogP contribution in [0.1, 0.15) is 53.8 Å². The molecule has 2 aromatic carbocycles. The number of aryl methyl sites for hydroxylation is 1. The van der Waals surface area contributed by atoms with Gasteiger partial charge in [-0.2, -0.15) is 9.78 Å². The third-order valence-electron chi connectivity index (χ3n) is 6.21. The highest BCUT2D eigenvalue weighted by Crippen LogP contribution is 2.39. The van der Waals surface area contributed by atoms with E-state index in [1.807, 2.05) is 19.1 Å². The van der Waals surface area contributed by atoms with Gasteiger partial charge in [0.25, 0.3) is 5.91 Å². The molecule has 0 saturated heterocycles. The first kappa shape index (κ1) is 24.4. The number of benzene rings is 2. The maximum Gasteiger partial charge on any atom is 0.305 e. The standard InChI is InChI=1S/C26H28FN3O5/c1-16-7-3-4-8-18(16)20(14-24(31)32)28-25(33)21-13-23(35-15-26(2,34)17-11-12-17)30(29-21)22-10-6-5-9-19(22)27/h3-10,13,17,20,34H,11-12,14-15H2,1-2H3,(H,28,33)(H,31,32)/t20-,26+/m0/s1. The number of hydrogen-bond donors (Lipinski definition) is 3. The second-order valence-electron chi connectivity index (χ2n) is 9.13. The predicted octanol–water partition coefficient (Wildman–Crippen LogP) is 3.81. The molecule has 9 heteroatoms. The first-order valence-corrected chi connectivity index (χ1v) is 11.4. The minimum absolute atomic E-state index is 0.0519. The molecule has 0 radical (unpaired) electrons. The van der Waals surface area contributed by atoms with Gasteiger partial charge >= 0.3 is 5.97 Å². The number of aliphatic carboxylic acids is 1. The molecule has 0 unspecified atom stereocenters. The minimum Gasteiger partial charge on any atom is -0.481 e. The van der Waals surface area contributed by atoms with Gasteiger partial charge in [0.15, 0.2) is 5.69 Å². The second kappa shape index (κ2) is 9.87. The van der Waals surface area contributed by atoms with Crippen LogP contribution in [0.3, 0.4) is 0 Å². The Hall–Kier alpha value is -3.72. The normalized spacial score (nSPS) is 15.8. The topological polar surface area (TPSA) is 114 Å². The van der Waals surface area contributed by atoms with Gasteiger partial charge in [-0.1, -0.05) is 36.4 Å². The maximum atomic E-state index is 14.6. The van der Waals surface area contributed by atoms with Crippen LogP contribution < -0.4 is 10.1 Å². The van der Waals surface area contributed by atoms with Crippen LogP contribution in [0.4, 0.5) is 4.39 Å². The number of carboxylic acid groups (broad SMARTS) is 1. The van der Waals surface area contributed by atoms with E-state index in [0.717, 1.165) is 18.4 Å². The van der Waals surface area contributed by atoms with E-state index in [1.165, 1.54) is 28.9 Å². The summed E-state index contributed by atoms with van der Waals surface area (Å²) in [5, 5.41) is 27.0. The fourth-order valence-electron chi connectivity index (χ4n) is 4.04. The zero-order valence-electron chi connectivity index (χ0n) is 19.6. The molecule has 1 fully saturated rings. The van der Waals surface area contributed by atoms with E-state index < -0.39 is 29.3 Å². The zero-order chi connectivity index (χ0) is 25.2. The molecule has 1 aliphatic rings. The lowest BCUT2D eigenvalue weighted by Gasteiger charge is -2.23. The van der Waals surface area contributed by atoms with Gasteiger partial charge in [0.2, 0.25) is 5.88 Å². The molecule has 0 bridgehead atoms. The average Bonchev–Trinajstić information content (AvgIpc) is 3.59. The van der Waals surface area contributed by atoms with E-state index in [9.17, 15) is 24.2 Å². The van der Waals surface area contributed by atoms with E-state index in [0.29, 0.717) is 5.56 Å². The lowest BCUT2D eigenvalue weighted by atomic mass is 9.98. The van der Waals surface area contributed by atoms with Gasteiger partial charge in [0.05, 0.1) is 18.1 Å². The van der Waals surface area contributed by atoms with Crippen LogP contribution in [-0.2, 0) is 4.79 Å². The van der Waals surface area contributed by atoms with Crippen molar-refractivity contribution in [2.75, 3.05) is 6.61 Å². The molecule has 1 saturated carbocycles. The third-order valence-corrected chi connectivity index (χ3v) is 6.21. The lowest BCUT2D eigenvalue weighted by Crippen LogP contribution is -2.35. The highest BCUT2D eigenvalue weighted by atomic mass is 19.1. The summed E-state index contributed by atoms with van der Waals surface area (Å²) in [4.78, 5) is 24.6. The number of para-hydroxylation sites is 1. The van der Waals surface area contributed by atoms with Gasteiger partial charge < -0.3 is 20.3 Å². The van der Waals surface area contributed by atoms with Crippen molar-refractivity contribution in [2.24, 2.45) is 5.92 Å². The third kappa shape index (κ3) is 5.68. The minimum atomic E-state index is -1.07. The van der Waals surface area contributed by atoms with Crippen molar-refractivity contribution in [3.8, 4) is 11.6 Å². The number of halogens is 1. The van der Waals surface area contributed by atoms with Gasteiger partial charge in [0.1, 0.15) is 18.1 Å². The first-order chi connectivity index (χ1) is 16.7. The molecule has 1 heterocycles. The van der Waals surface area contributed by atoms with Gasteiger partial charge in [-0.25, -0.2) is 4.39 Å². The number of ether oxygens (including phenoxy) is 1. The number of nitrogens with one attached hydrogen (secondary N) is 1. The Bertz CT molecular complexity index is 1240. The molecule has 0 spiro atoms. The molecule has 1 amide bonds. The number of nitrogens with zero attached hydrogens (tertiary/aromatic N) is 2. The van der Waals surface area contributed by atoms with E-state index in [-0.39, 0.29) is 36.2 Å². The van der Waals surface area contributed by atoms with E-state index >= 15 is 0 Å². The van der Waals surface area contributed by atoms with E-state index in [2.05, 4.69) is 10.4 Å². The summed E-state index contributed by atoms with van der Waals surface area (Å²) >= 11 is 0. The molecular weight excluding hydrogens is 453 g/mol. The molecule has 3 N–H and O–H groups in total.